The van der Waals surface area contributed by atoms with E-state index in [1.54, 1.807) is 24.3 Å². The molecule has 0 spiro atoms. The molecule has 0 radical (unpaired) electrons. The van der Waals surface area contributed by atoms with Gasteiger partial charge in [-0.1, -0.05) is 42.5 Å². The lowest BCUT2D eigenvalue weighted by Gasteiger charge is -2.09. The lowest BCUT2D eigenvalue weighted by molar-refractivity contribution is -0.115. The Morgan fingerprint density at radius 3 is 2.43 bits per heavy atom. The molecule has 5 nitrogen and oxygen atoms in total. The molecular weight excluding hydrogens is 332 g/mol. The van der Waals surface area contributed by atoms with E-state index in [4.69, 9.17) is 5.73 Å². The molecule has 23 heavy (non-hydrogen) atoms. The Labute approximate surface area is 139 Å². The topological polar surface area (TPSA) is 89.3 Å². The summed E-state index contributed by atoms with van der Waals surface area (Å²) in [5.74, 6) is -0.380. The molecule has 0 aliphatic carbocycles. The molecule has 0 aliphatic heterocycles. The van der Waals surface area contributed by atoms with Crippen molar-refractivity contribution in [2.45, 2.75) is 4.90 Å². The first-order chi connectivity index (χ1) is 11.0. The van der Waals surface area contributed by atoms with Crippen LogP contribution in [-0.2, 0) is 14.8 Å². The van der Waals surface area contributed by atoms with Crippen molar-refractivity contribution < 1.29 is 13.2 Å². The fraction of sp³-hybridized carbons (Fsp3) is 0.0625. The molecule has 120 valence electrons. The number of para-hydroxylation sites is 1. The molecule has 0 saturated carbocycles. The van der Waals surface area contributed by atoms with Gasteiger partial charge in [0, 0.05) is 4.90 Å². The van der Waals surface area contributed by atoms with Crippen molar-refractivity contribution in [1.29, 1.82) is 0 Å². The lowest BCUT2D eigenvalue weighted by atomic mass is 10.2. The van der Waals surface area contributed by atoms with E-state index < -0.39 is 15.9 Å². The number of rotatable bonds is 7. The van der Waals surface area contributed by atoms with Gasteiger partial charge in [-0.2, -0.15) is 0 Å². The average Bonchev–Trinajstić information content (AvgIpc) is 2.53. The van der Waals surface area contributed by atoms with Crippen molar-refractivity contribution in [1.82, 2.24) is 0 Å². The number of carbonyl (C=O) groups excluding carboxylic acids is 1. The highest BCUT2D eigenvalue weighted by molar-refractivity contribution is 8.00. The van der Waals surface area contributed by atoms with Crippen molar-refractivity contribution in [2.75, 3.05) is 10.5 Å². The minimum absolute atomic E-state index is 0.0819. The van der Waals surface area contributed by atoms with Crippen LogP contribution in [0.4, 0.5) is 5.69 Å². The molecule has 2 rings (SSSR count). The van der Waals surface area contributed by atoms with E-state index in [0.29, 0.717) is 10.6 Å². The Morgan fingerprint density at radius 1 is 1.09 bits per heavy atom. The van der Waals surface area contributed by atoms with Crippen LogP contribution in [0.15, 0.2) is 64.9 Å². The fourth-order valence-electron chi connectivity index (χ4n) is 1.75. The van der Waals surface area contributed by atoms with Gasteiger partial charge in [0.05, 0.1) is 16.8 Å². The standard InChI is InChI=1S/C16H16N2O3S2/c17-16(19)12-22-15-9-5-4-8-14(15)18-23(20,21)11-10-13-6-2-1-3-7-13/h1-11,18H,12H2,(H2,17,19)/b11-10+. The number of anilines is 1. The molecule has 3 N–H and O–H groups in total. The highest BCUT2D eigenvalue weighted by Crippen LogP contribution is 2.27. The zero-order valence-corrected chi connectivity index (χ0v) is 13.8. The van der Waals surface area contributed by atoms with Gasteiger partial charge in [-0.15, -0.1) is 11.8 Å². The van der Waals surface area contributed by atoms with E-state index in [2.05, 4.69) is 4.72 Å². The minimum atomic E-state index is -3.65. The maximum Gasteiger partial charge on any atom is 0.255 e. The van der Waals surface area contributed by atoms with Crippen LogP contribution in [0, 0.1) is 0 Å². The third-order valence-corrected chi connectivity index (χ3v) is 4.84. The predicted octanol–water partition coefficient (Wildman–Crippen LogP) is 2.68. The van der Waals surface area contributed by atoms with Gasteiger partial charge in [0.1, 0.15) is 0 Å². The Hall–Kier alpha value is -2.25. The van der Waals surface area contributed by atoms with E-state index in [1.165, 1.54) is 17.8 Å². The number of hydrogen-bond acceptors (Lipinski definition) is 4. The number of thioether (sulfide) groups is 1. The van der Waals surface area contributed by atoms with Crippen LogP contribution < -0.4 is 10.5 Å². The summed E-state index contributed by atoms with van der Waals surface area (Å²) in [7, 11) is -3.65. The molecule has 1 amide bonds. The lowest BCUT2D eigenvalue weighted by Crippen LogP contribution is -2.14. The summed E-state index contributed by atoms with van der Waals surface area (Å²) in [5.41, 5.74) is 6.32. The smallest absolute Gasteiger partial charge is 0.255 e. The Balaban J connectivity index is 2.14. The molecule has 7 heteroatoms. The molecule has 0 aromatic heterocycles. The third kappa shape index (κ3) is 5.80. The van der Waals surface area contributed by atoms with Gasteiger partial charge in [-0.05, 0) is 23.8 Å². The first-order valence-electron chi connectivity index (χ1n) is 6.72. The van der Waals surface area contributed by atoms with Crippen molar-refractivity contribution in [3.8, 4) is 0 Å². The van der Waals surface area contributed by atoms with E-state index in [0.717, 1.165) is 11.0 Å². The highest BCUT2D eigenvalue weighted by atomic mass is 32.2. The Kier molecular flexibility index (Phi) is 5.84. The zero-order chi connectivity index (χ0) is 16.7. The van der Waals surface area contributed by atoms with Gasteiger partial charge < -0.3 is 5.73 Å². The van der Waals surface area contributed by atoms with E-state index >= 15 is 0 Å². The SMILES string of the molecule is NC(=O)CSc1ccccc1NS(=O)(=O)/C=C/c1ccccc1. The molecule has 0 saturated heterocycles. The molecule has 0 fully saturated rings. The average molecular weight is 348 g/mol. The summed E-state index contributed by atoms with van der Waals surface area (Å²) in [5, 5.41) is 1.11. The number of amides is 1. The van der Waals surface area contributed by atoms with Crippen LogP contribution in [0.2, 0.25) is 0 Å². The maximum absolute atomic E-state index is 12.2. The molecule has 2 aromatic rings. The van der Waals surface area contributed by atoms with Crippen LogP contribution >= 0.6 is 11.8 Å². The molecule has 0 atom stereocenters. The van der Waals surface area contributed by atoms with Crippen LogP contribution in [-0.4, -0.2) is 20.1 Å². The van der Waals surface area contributed by atoms with E-state index in [1.807, 2.05) is 30.3 Å². The van der Waals surface area contributed by atoms with Gasteiger partial charge in [0.2, 0.25) is 5.91 Å². The Bertz CT molecular complexity index is 803. The number of carbonyl (C=O) groups is 1. The molecule has 0 aliphatic rings. The summed E-state index contributed by atoms with van der Waals surface area (Å²) < 4.78 is 26.8. The van der Waals surface area contributed by atoms with Crippen LogP contribution in [0.1, 0.15) is 5.56 Å². The number of sulfonamides is 1. The summed E-state index contributed by atoms with van der Waals surface area (Å²) in [6.45, 7) is 0. The second kappa shape index (κ2) is 7.85. The number of benzene rings is 2. The van der Waals surface area contributed by atoms with Crippen LogP contribution in [0.25, 0.3) is 6.08 Å². The van der Waals surface area contributed by atoms with Crippen molar-refractivity contribution in [3.05, 3.63) is 65.6 Å². The van der Waals surface area contributed by atoms with Gasteiger partial charge >= 0.3 is 0 Å². The second-order valence-electron chi connectivity index (χ2n) is 4.61. The molecular formula is C16H16N2O3S2. The van der Waals surface area contributed by atoms with Crippen LogP contribution in [0.3, 0.4) is 0 Å². The number of hydrogen-bond donors (Lipinski definition) is 2. The molecule has 0 unspecified atom stereocenters. The third-order valence-electron chi connectivity index (χ3n) is 2.75. The number of nitrogens with two attached hydrogens (primary N) is 1. The summed E-state index contributed by atoms with van der Waals surface area (Å²) >= 11 is 1.18. The van der Waals surface area contributed by atoms with Gasteiger partial charge in [-0.25, -0.2) is 8.42 Å². The summed E-state index contributed by atoms with van der Waals surface area (Å²) in [6.07, 6.45) is 1.52. The second-order valence-corrected chi connectivity index (χ2v) is 7.20. The summed E-state index contributed by atoms with van der Waals surface area (Å²) in [6, 6.07) is 16.0. The van der Waals surface area contributed by atoms with Crippen molar-refractivity contribution in [2.24, 2.45) is 5.73 Å². The number of nitrogens with one attached hydrogen (secondary N) is 1. The number of primary amides is 1. The maximum atomic E-state index is 12.2. The summed E-state index contributed by atoms with van der Waals surface area (Å²) in [4.78, 5) is 11.5. The molecule has 2 aromatic carbocycles. The van der Waals surface area contributed by atoms with Crippen LogP contribution in [0.5, 0.6) is 0 Å². The highest BCUT2D eigenvalue weighted by Gasteiger charge is 2.10. The van der Waals surface area contributed by atoms with Gasteiger partial charge in [0.25, 0.3) is 10.0 Å². The monoisotopic (exact) mass is 348 g/mol. The first-order valence-corrected chi connectivity index (χ1v) is 9.25. The predicted molar refractivity (Wildman–Crippen MR) is 94.4 cm³/mol. The minimum Gasteiger partial charge on any atom is -0.369 e. The largest absolute Gasteiger partial charge is 0.369 e. The van der Waals surface area contributed by atoms with E-state index in [-0.39, 0.29) is 5.75 Å². The fourth-order valence-corrected chi connectivity index (χ4v) is 3.45. The molecule has 0 bridgehead atoms. The first kappa shape index (κ1) is 17.1. The van der Waals surface area contributed by atoms with E-state index in [9.17, 15) is 13.2 Å². The molecule has 0 heterocycles. The van der Waals surface area contributed by atoms with Crippen molar-refractivity contribution >= 4 is 39.5 Å². The van der Waals surface area contributed by atoms with Gasteiger partial charge in [0.15, 0.2) is 0 Å². The normalized spacial score (nSPS) is 11.5. The Morgan fingerprint density at radius 2 is 1.74 bits per heavy atom. The van der Waals surface area contributed by atoms with Crippen molar-refractivity contribution in [3.63, 3.8) is 0 Å². The van der Waals surface area contributed by atoms with Gasteiger partial charge in [-0.3, -0.25) is 9.52 Å². The quantitative estimate of drug-likeness (QED) is 0.753. The zero-order valence-electron chi connectivity index (χ0n) is 12.2.